The summed E-state index contributed by atoms with van der Waals surface area (Å²) in [4.78, 5) is 21.0. The summed E-state index contributed by atoms with van der Waals surface area (Å²) in [7, 11) is 1.55. The topological polar surface area (TPSA) is 73.3 Å². The highest BCUT2D eigenvalue weighted by Crippen LogP contribution is 2.30. The van der Waals surface area contributed by atoms with Gasteiger partial charge in [0.05, 0.1) is 19.0 Å². The van der Waals surface area contributed by atoms with E-state index in [1.807, 2.05) is 43.5 Å². The Hall–Kier alpha value is -2.58. The molecule has 2 aromatic heterocycles. The Morgan fingerprint density at radius 1 is 1.25 bits per heavy atom. The van der Waals surface area contributed by atoms with E-state index in [-0.39, 0.29) is 12.5 Å². The fraction of sp³-hybridized carbons (Fsp3) is 0.250. The van der Waals surface area contributed by atoms with Crippen LogP contribution in [0.4, 0.5) is 5.69 Å². The predicted octanol–water partition coefficient (Wildman–Crippen LogP) is 4.47. The zero-order chi connectivity index (χ0) is 19.9. The van der Waals surface area contributed by atoms with Crippen LogP contribution >= 0.6 is 23.1 Å². The van der Waals surface area contributed by atoms with Crippen LogP contribution in [-0.4, -0.2) is 29.6 Å². The first-order valence-corrected chi connectivity index (χ1v) is 10.5. The molecule has 6 nitrogen and oxygen atoms in total. The molecule has 3 rings (SSSR count). The maximum absolute atomic E-state index is 12.2. The van der Waals surface area contributed by atoms with Crippen LogP contribution in [-0.2, 0) is 10.5 Å². The molecule has 1 aromatic carbocycles. The number of benzene rings is 1. The normalized spacial score (nSPS) is 10.5. The summed E-state index contributed by atoms with van der Waals surface area (Å²) in [5.74, 6) is 1.40. The van der Waals surface area contributed by atoms with Gasteiger partial charge in [0.25, 0.3) is 5.91 Å². The van der Waals surface area contributed by atoms with Crippen molar-refractivity contribution < 1.29 is 14.3 Å². The molecule has 3 aromatic rings. The lowest BCUT2D eigenvalue weighted by Crippen LogP contribution is -2.20. The van der Waals surface area contributed by atoms with Gasteiger partial charge >= 0.3 is 0 Å². The van der Waals surface area contributed by atoms with E-state index in [1.54, 1.807) is 42.5 Å². The third kappa shape index (κ3) is 5.71. The van der Waals surface area contributed by atoms with Crippen LogP contribution in [0.5, 0.6) is 11.5 Å². The highest BCUT2D eigenvalue weighted by Gasteiger charge is 2.11. The molecule has 0 atom stereocenters. The number of thioether (sulfide) groups is 1. The van der Waals surface area contributed by atoms with E-state index in [0.29, 0.717) is 17.3 Å². The molecule has 1 amide bonds. The van der Waals surface area contributed by atoms with Gasteiger partial charge in [-0.05, 0) is 31.5 Å². The number of pyridine rings is 1. The highest BCUT2D eigenvalue weighted by atomic mass is 32.2. The van der Waals surface area contributed by atoms with Gasteiger partial charge in [-0.3, -0.25) is 9.78 Å². The molecular formula is C20H21N3O3S2. The summed E-state index contributed by atoms with van der Waals surface area (Å²) in [6.07, 6.45) is 1.61. The number of anilines is 1. The first-order valence-electron chi connectivity index (χ1n) is 8.60. The Kier molecular flexibility index (Phi) is 6.89. The smallest absolute Gasteiger partial charge is 0.262 e. The van der Waals surface area contributed by atoms with E-state index in [0.717, 1.165) is 27.0 Å². The molecule has 28 heavy (non-hydrogen) atoms. The second kappa shape index (κ2) is 9.57. The van der Waals surface area contributed by atoms with Crippen LogP contribution in [0, 0.1) is 13.8 Å². The van der Waals surface area contributed by atoms with Gasteiger partial charge in [0.1, 0.15) is 4.34 Å². The summed E-state index contributed by atoms with van der Waals surface area (Å²) < 4.78 is 12.0. The number of thiazole rings is 1. The van der Waals surface area contributed by atoms with Gasteiger partial charge in [0, 0.05) is 28.6 Å². The summed E-state index contributed by atoms with van der Waals surface area (Å²) in [5, 5.41) is 4.84. The Morgan fingerprint density at radius 3 is 2.82 bits per heavy atom. The van der Waals surface area contributed by atoms with Crippen molar-refractivity contribution in [2.75, 3.05) is 19.0 Å². The number of ether oxygens (including phenoxy) is 2. The number of hydrogen-bond acceptors (Lipinski definition) is 7. The summed E-state index contributed by atoms with van der Waals surface area (Å²) in [5.41, 5.74) is 3.66. The number of carbonyl (C=O) groups excluding carboxylic acids is 1. The Balaban J connectivity index is 1.60. The van der Waals surface area contributed by atoms with Crippen molar-refractivity contribution in [1.82, 2.24) is 9.97 Å². The lowest BCUT2D eigenvalue weighted by molar-refractivity contribution is -0.118. The van der Waals surface area contributed by atoms with Gasteiger partial charge < -0.3 is 14.8 Å². The number of carbonyl (C=O) groups is 1. The molecule has 0 aliphatic heterocycles. The van der Waals surface area contributed by atoms with E-state index in [9.17, 15) is 4.79 Å². The van der Waals surface area contributed by atoms with Crippen LogP contribution in [0.3, 0.4) is 0 Å². The number of amides is 1. The van der Waals surface area contributed by atoms with Crippen molar-refractivity contribution in [2.45, 2.75) is 23.9 Å². The number of hydrogen-bond donors (Lipinski definition) is 1. The molecule has 0 bridgehead atoms. The van der Waals surface area contributed by atoms with E-state index >= 15 is 0 Å². The largest absolute Gasteiger partial charge is 0.491 e. The number of aromatic nitrogens is 2. The molecule has 0 aliphatic rings. The van der Waals surface area contributed by atoms with Crippen LogP contribution < -0.4 is 14.8 Å². The molecule has 0 aliphatic carbocycles. The van der Waals surface area contributed by atoms with Crippen molar-refractivity contribution in [3.63, 3.8) is 0 Å². The number of aryl methyl sites for hydroxylation is 2. The second-order valence-electron chi connectivity index (χ2n) is 6.08. The van der Waals surface area contributed by atoms with Crippen molar-refractivity contribution in [1.29, 1.82) is 0 Å². The summed E-state index contributed by atoms with van der Waals surface area (Å²) in [6.45, 7) is 3.83. The molecule has 0 saturated carbocycles. The summed E-state index contributed by atoms with van der Waals surface area (Å²) in [6, 6.07) is 9.41. The first-order chi connectivity index (χ1) is 13.5. The minimum atomic E-state index is -0.237. The van der Waals surface area contributed by atoms with Crippen LogP contribution in [0.1, 0.15) is 17.0 Å². The van der Waals surface area contributed by atoms with E-state index < -0.39 is 0 Å². The maximum atomic E-state index is 12.2. The van der Waals surface area contributed by atoms with Gasteiger partial charge in [-0.2, -0.15) is 0 Å². The SMILES string of the molecule is COc1cnc(CSc2nc(C)cs2)cc1OCC(=O)Nc1cccc(C)c1. The van der Waals surface area contributed by atoms with Crippen LogP contribution in [0.2, 0.25) is 0 Å². The monoisotopic (exact) mass is 415 g/mol. The van der Waals surface area contributed by atoms with Gasteiger partial charge in [0.2, 0.25) is 0 Å². The van der Waals surface area contributed by atoms with Gasteiger partial charge in [-0.25, -0.2) is 4.98 Å². The van der Waals surface area contributed by atoms with Crippen molar-refractivity contribution >= 4 is 34.7 Å². The molecule has 1 N–H and O–H groups in total. The molecule has 0 fully saturated rings. The maximum Gasteiger partial charge on any atom is 0.262 e. The molecule has 0 radical (unpaired) electrons. The Labute approximate surface area is 172 Å². The molecule has 0 saturated heterocycles. The number of nitrogens with one attached hydrogen (secondary N) is 1. The Bertz CT molecular complexity index is 959. The lowest BCUT2D eigenvalue weighted by Gasteiger charge is -2.12. The minimum absolute atomic E-state index is 0.118. The van der Waals surface area contributed by atoms with E-state index in [4.69, 9.17) is 9.47 Å². The number of nitrogens with zero attached hydrogens (tertiary/aromatic N) is 2. The fourth-order valence-electron chi connectivity index (χ4n) is 2.41. The van der Waals surface area contributed by atoms with Crippen molar-refractivity contribution in [2.24, 2.45) is 0 Å². The number of rotatable bonds is 8. The lowest BCUT2D eigenvalue weighted by atomic mass is 10.2. The average molecular weight is 416 g/mol. The van der Waals surface area contributed by atoms with Crippen molar-refractivity contribution in [3.05, 3.63) is 58.9 Å². The van der Waals surface area contributed by atoms with Crippen molar-refractivity contribution in [3.8, 4) is 11.5 Å². The van der Waals surface area contributed by atoms with Crippen LogP contribution in [0.15, 0.2) is 46.2 Å². The predicted molar refractivity (Wildman–Crippen MR) is 113 cm³/mol. The third-order valence-corrected chi connectivity index (χ3v) is 5.88. The third-order valence-electron chi connectivity index (χ3n) is 3.71. The number of methoxy groups -OCH3 is 1. The molecule has 146 valence electrons. The highest BCUT2D eigenvalue weighted by molar-refractivity contribution is 8.00. The first kappa shape index (κ1) is 20.2. The van der Waals surface area contributed by atoms with Crippen LogP contribution in [0.25, 0.3) is 0 Å². The van der Waals surface area contributed by atoms with Gasteiger partial charge in [-0.15, -0.1) is 11.3 Å². The minimum Gasteiger partial charge on any atom is -0.491 e. The van der Waals surface area contributed by atoms with Gasteiger partial charge in [0.15, 0.2) is 18.1 Å². The van der Waals surface area contributed by atoms with E-state index in [2.05, 4.69) is 15.3 Å². The standard InChI is InChI=1S/C20H21N3O3S2/c1-13-5-4-6-15(7-13)23-19(24)10-26-17-8-16(21-9-18(17)25-3)12-28-20-22-14(2)11-27-20/h4-9,11H,10,12H2,1-3H3,(H,23,24). The molecule has 8 heteroatoms. The van der Waals surface area contributed by atoms with E-state index in [1.165, 1.54) is 0 Å². The molecule has 0 spiro atoms. The van der Waals surface area contributed by atoms with Gasteiger partial charge in [-0.1, -0.05) is 23.9 Å². The second-order valence-corrected chi connectivity index (χ2v) is 8.16. The Morgan fingerprint density at radius 2 is 2.11 bits per heavy atom. The average Bonchev–Trinajstić information content (AvgIpc) is 3.10. The molecule has 0 unspecified atom stereocenters. The summed E-state index contributed by atoms with van der Waals surface area (Å²) >= 11 is 3.23. The zero-order valence-electron chi connectivity index (χ0n) is 15.9. The quantitative estimate of drug-likeness (QED) is 0.547. The molecular weight excluding hydrogens is 394 g/mol. The fourth-order valence-corrected chi connectivity index (χ4v) is 4.16. The molecule has 2 heterocycles. The zero-order valence-corrected chi connectivity index (χ0v) is 17.5.